The third-order valence-corrected chi connectivity index (χ3v) is 3.66. The third kappa shape index (κ3) is 4.37. The second kappa shape index (κ2) is 5.76. The van der Waals surface area contributed by atoms with E-state index in [-0.39, 0.29) is 6.10 Å². The van der Waals surface area contributed by atoms with Crippen LogP contribution in [0.15, 0.2) is 12.3 Å². The first kappa shape index (κ1) is 14.1. The molecule has 106 valence electrons. The Kier molecular flexibility index (Phi) is 4.27. The summed E-state index contributed by atoms with van der Waals surface area (Å²) in [5.74, 6) is 1.33. The summed E-state index contributed by atoms with van der Waals surface area (Å²) in [5.41, 5.74) is 0.488. The molecule has 1 aromatic rings. The van der Waals surface area contributed by atoms with Crippen molar-refractivity contribution in [3.63, 3.8) is 0 Å². The Balaban J connectivity index is 1.92. The van der Waals surface area contributed by atoms with Gasteiger partial charge in [0.05, 0.1) is 6.10 Å². The standard InChI is InChI=1S/C15H25N3O/c1-11(2)19-13-7-10-16-14(18-13)17-12-5-8-15(3,4)9-6-12/h7,10-12H,5-6,8-9H2,1-4H3,(H,16,17,18). The Labute approximate surface area is 116 Å². The summed E-state index contributed by atoms with van der Waals surface area (Å²) in [6, 6.07) is 2.29. The van der Waals surface area contributed by atoms with Crippen molar-refractivity contribution < 1.29 is 4.74 Å². The van der Waals surface area contributed by atoms with Gasteiger partial charge in [-0.3, -0.25) is 0 Å². The Hall–Kier alpha value is -1.32. The van der Waals surface area contributed by atoms with Crippen LogP contribution < -0.4 is 10.1 Å². The van der Waals surface area contributed by atoms with Crippen LogP contribution in [-0.2, 0) is 0 Å². The van der Waals surface area contributed by atoms with E-state index >= 15 is 0 Å². The number of nitrogens with zero attached hydrogens (tertiary/aromatic N) is 2. The predicted octanol–water partition coefficient (Wildman–Crippen LogP) is 3.64. The van der Waals surface area contributed by atoms with Gasteiger partial charge < -0.3 is 10.1 Å². The van der Waals surface area contributed by atoms with Crippen molar-refractivity contribution in [1.29, 1.82) is 0 Å². The normalized spacial score (nSPS) is 19.4. The number of aromatic nitrogens is 2. The van der Waals surface area contributed by atoms with Crippen LogP contribution in [0.5, 0.6) is 5.88 Å². The molecule has 4 heteroatoms. The van der Waals surface area contributed by atoms with Crippen LogP contribution in [0.25, 0.3) is 0 Å². The smallest absolute Gasteiger partial charge is 0.226 e. The van der Waals surface area contributed by atoms with Crippen LogP contribution >= 0.6 is 0 Å². The molecule has 0 aromatic carbocycles. The van der Waals surface area contributed by atoms with E-state index in [9.17, 15) is 0 Å². The largest absolute Gasteiger partial charge is 0.475 e. The zero-order valence-electron chi connectivity index (χ0n) is 12.4. The monoisotopic (exact) mass is 263 g/mol. The number of ether oxygens (including phenoxy) is 1. The number of nitrogens with one attached hydrogen (secondary N) is 1. The molecule has 1 heterocycles. The third-order valence-electron chi connectivity index (χ3n) is 3.66. The minimum atomic E-state index is 0.137. The van der Waals surface area contributed by atoms with E-state index in [0.29, 0.717) is 23.3 Å². The molecular formula is C15H25N3O. The molecule has 0 bridgehead atoms. The van der Waals surface area contributed by atoms with Crippen molar-refractivity contribution in [2.24, 2.45) is 5.41 Å². The topological polar surface area (TPSA) is 47.0 Å². The van der Waals surface area contributed by atoms with Crippen molar-refractivity contribution in [3.05, 3.63) is 12.3 Å². The van der Waals surface area contributed by atoms with Crippen molar-refractivity contribution >= 4 is 5.95 Å². The zero-order chi connectivity index (χ0) is 13.9. The van der Waals surface area contributed by atoms with Gasteiger partial charge in [-0.1, -0.05) is 13.8 Å². The second-order valence-electron chi connectivity index (χ2n) is 6.47. The van der Waals surface area contributed by atoms with Gasteiger partial charge in [-0.15, -0.1) is 0 Å². The highest BCUT2D eigenvalue weighted by atomic mass is 16.5. The fraction of sp³-hybridized carbons (Fsp3) is 0.733. The molecule has 0 aliphatic heterocycles. The van der Waals surface area contributed by atoms with Gasteiger partial charge in [-0.05, 0) is 44.9 Å². The first-order chi connectivity index (χ1) is 8.94. The summed E-state index contributed by atoms with van der Waals surface area (Å²) >= 11 is 0. The minimum absolute atomic E-state index is 0.137. The van der Waals surface area contributed by atoms with E-state index in [0.717, 1.165) is 0 Å². The molecule has 0 saturated heterocycles. The average molecular weight is 263 g/mol. The summed E-state index contributed by atoms with van der Waals surface area (Å²) in [6.45, 7) is 8.69. The molecule has 1 saturated carbocycles. The highest BCUT2D eigenvalue weighted by Crippen LogP contribution is 2.35. The van der Waals surface area contributed by atoms with Crippen molar-refractivity contribution in [2.45, 2.75) is 65.5 Å². The maximum atomic E-state index is 5.59. The lowest BCUT2D eigenvalue weighted by Crippen LogP contribution is -2.30. The molecular weight excluding hydrogens is 238 g/mol. The lowest BCUT2D eigenvalue weighted by Gasteiger charge is -2.34. The van der Waals surface area contributed by atoms with Crippen molar-refractivity contribution in [3.8, 4) is 5.88 Å². The van der Waals surface area contributed by atoms with E-state index in [1.807, 2.05) is 13.8 Å². The number of hydrogen-bond donors (Lipinski definition) is 1. The molecule has 1 aliphatic rings. The second-order valence-corrected chi connectivity index (χ2v) is 6.47. The number of rotatable bonds is 4. The zero-order valence-corrected chi connectivity index (χ0v) is 12.4. The van der Waals surface area contributed by atoms with Crippen LogP contribution in [0.2, 0.25) is 0 Å². The number of hydrogen-bond acceptors (Lipinski definition) is 4. The van der Waals surface area contributed by atoms with Crippen LogP contribution in [0.4, 0.5) is 5.95 Å². The molecule has 1 aromatic heterocycles. The summed E-state index contributed by atoms with van der Waals surface area (Å²) in [7, 11) is 0. The summed E-state index contributed by atoms with van der Waals surface area (Å²) in [6.07, 6.45) is 6.77. The predicted molar refractivity (Wildman–Crippen MR) is 77.5 cm³/mol. The lowest BCUT2D eigenvalue weighted by atomic mass is 9.76. The molecule has 1 aliphatic carbocycles. The van der Waals surface area contributed by atoms with Gasteiger partial charge in [0.25, 0.3) is 0 Å². The van der Waals surface area contributed by atoms with Crippen LogP contribution in [0.3, 0.4) is 0 Å². The molecule has 0 spiro atoms. The Morgan fingerprint density at radius 1 is 1.32 bits per heavy atom. The molecule has 4 nitrogen and oxygen atoms in total. The fourth-order valence-electron chi connectivity index (χ4n) is 2.44. The van der Waals surface area contributed by atoms with E-state index in [2.05, 4.69) is 29.1 Å². The lowest BCUT2D eigenvalue weighted by molar-refractivity contribution is 0.229. The molecule has 1 N–H and O–H groups in total. The van der Waals surface area contributed by atoms with Gasteiger partial charge >= 0.3 is 0 Å². The van der Waals surface area contributed by atoms with E-state index in [4.69, 9.17) is 4.74 Å². The van der Waals surface area contributed by atoms with Crippen LogP contribution in [-0.4, -0.2) is 22.1 Å². The van der Waals surface area contributed by atoms with E-state index in [1.54, 1.807) is 12.3 Å². The van der Waals surface area contributed by atoms with Gasteiger partial charge in [-0.2, -0.15) is 4.98 Å². The van der Waals surface area contributed by atoms with E-state index < -0.39 is 0 Å². The average Bonchev–Trinajstić information content (AvgIpc) is 2.32. The number of anilines is 1. The molecule has 0 radical (unpaired) electrons. The van der Waals surface area contributed by atoms with Crippen molar-refractivity contribution in [1.82, 2.24) is 9.97 Å². The van der Waals surface area contributed by atoms with E-state index in [1.165, 1.54) is 25.7 Å². The highest BCUT2D eigenvalue weighted by Gasteiger charge is 2.27. The van der Waals surface area contributed by atoms with Crippen LogP contribution in [0.1, 0.15) is 53.4 Å². The Morgan fingerprint density at radius 2 is 2.00 bits per heavy atom. The molecule has 0 atom stereocenters. The quantitative estimate of drug-likeness (QED) is 0.900. The fourth-order valence-corrected chi connectivity index (χ4v) is 2.44. The summed E-state index contributed by atoms with van der Waals surface area (Å²) in [4.78, 5) is 8.67. The molecule has 2 rings (SSSR count). The van der Waals surface area contributed by atoms with Crippen molar-refractivity contribution in [2.75, 3.05) is 5.32 Å². The van der Waals surface area contributed by atoms with Gasteiger partial charge in [0.1, 0.15) is 0 Å². The van der Waals surface area contributed by atoms with Gasteiger partial charge in [-0.25, -0.2) is 4.98 Å². The molecule has 0 unspecified atom stereocenters. The minimum Gasteiger partial charge on any atom is -0.475 e. The van der Waals surface area contributed by atoms with Gasteiger partial charge in [0.2, 0.25) is 11.8 Å². The summed E-state index contributed by atoms with van der Waals surface area (Å²) in [5, 5.41) is 3.43. The SMILES string of the molecule is CC(C)Oc1ccnc(NC2CCC(C)(C)CC2)n1. The van der Waals surface area contributed by atoms with Gasteiger partial charge in [0.15, 0.2) is 0 Å². The Bertz CT molecular complexity index is 408. The van der Waals surface area contributed by atoms with Crippen LogP contribution in [0, 0.1) is 5.41 Å². The Morgan fingerprint density at radius 3 is 2.63 bits per heavy atom. The van der Waals surface area contributed by atoms with Gasteiger partial charge in [0, 0.05) is 18.3 Å². The molecule has 19 heavy (non-hydrogen) atoms. The summed E-state index contributed by atoms with van der Waals surface area (Å²) < 4.78 is 5.59. The maximum absolute atomic E-state index is 5.59. The first-order valence-corrected chi connectivity index (χ1v) is 7.21. The maximum Gasteiger partial charge on any atom is 0.226 e. The first-order valence-electron chi connectivity index (χ1n) is 7.21. The highest BCUT2D eigenvalue weighted by molar-refractivity contribution is 5.29. The molecule has 1 fully saturated rings. The molecule has 0 amide bonds.